The molecule has 2 amide bonds. The Bertz CT molecular complexity index is 971. The molecule has 0 fully saturated rings. The Kier molecular flexibility index (Phi) is 4.79. The lowest BCUT2D eigenvalue weighted by Crippen LogP contribution is -2.51. The van der Waals surface area contributed by atoms with Crippen LogP contribution in [0.4, 0.5) is 5.69 Å². The Balaban J connectivity index is 2.46. The first-order valence-electron chi connectivity index (χ1n) is 8.47. The maximum atomic E-state index is 13.8. The van der Waals surface area contributed by atoms with E-state index in [1.807, 2.05) is 0 Å². The minimum absolute atomic E-state index is 0.0221. The van der Waals surface area contributed by atoms with Gasteiger partial charge in [0.2, 0.25) is 17.7 Å². The predicted octanol–water partition coefficient (Wildman–Crippen LogP) is -0.423. The average Bonchev–Trinajstić information content (AvgIpc) is 2.90. The number of anilines is 1. The Labute approximate surface area is 165 Å². The highest BCUT2D eigenvalue weighted by atomic mass is 16.5. The number of esters is 2. The van der Waals surface area contributed by atoms with E-state index in [0.717, 1.165) is 19.1 Å². The summed E-state index contributed by atoms with van der Waals surface area (Å²) in [5.41, 5.74) is 9.20. The third-order valence-electron chi connectivity index (χ3n) is 4.87. The van der Waals surface area contributed by atoms with Gasteiger partial charge in [-0.2, -0.15) is 0 Å². The van der Waals surface area contributed by atoms with Crippen molar-refractivity contribution in [3.05, 3.63) is 52.6 Å². The van der Waals surface area contributed by atoms with Gasteiger partial charge in [0.1, 0.15) is 28.9 Å². The van der Waals surface area contributed by atoms with Crippen molar-refractivity contribution in [2.45, 2.75) is 12.3 Å². The number of hydrogen-bond acceptors (Lipinski definition) is 8. The van der Waals surface area contributed by atoms with Gasteiger partial charge in [0.25, 0.3) is 0 Å². The Morgan fingerprint density at radius 1 is 1.10 bits per heavy atom. The molecule has 2 aliphatic rings. The number of nitrogens with two attached hydrogens (primary N) is 2. The number of rotatable bonds is 4. The van der Waals surface area contributed by atoms with E-state index in [9.17, 15) is 19.2 Å². The molecule has 1 aromatic carbocycles. The molecule has 0 aromatic heterocycles. The topological polar surface area (TPSA) is 151 Å². The lowest BCUT2D eigenvalue weighted by Gasteiger charge is -2.35. The fraction of sp³-hybridized carbons (Fsp3) is 0.263. The molecule has 1 aromatic rings. The number of nitrogens with zero attached hydrogens (tertiary/aromatic N) is 1. The van der Waals surface area contributed by atoms with Crippen LogP contribution in [0.25, 0.3) is 0 Å². The zero-order chi connectivity index (χ0) is 21.5. The average molecular weight is 401 g/mol. The van der Waals surface area contributed by atoms with Crippen molar-refractivity contribution in [1.29, 1.82) is 0 Å². The van der Waals surface area contributed by atoms with Gasteiger partial charge in [-0.15, -0.1) is 0 Å². The molecule has 2 heterocycles. The van der Waals surface area contributed by atoms with Crippen LogP contribution in [0.15, 0.2) is 47.1 Å². The van der Waals surface area contributed by atoms with Crippen LogP contribution in [-0.4, -0.2) is 44.5 Å². The molecule has 0 radical (unpaired) electrons. The van der Waals surface area contributed by atoms with Crippen LogP contribution >= 0.6 is 0 Å². The Morgan fingerprint density at radius 3 is 2.28 bits per heavy atom. The van der Waals surface area contributed by atoms with E-state index in [1.54, 1.807) is 24.3 Å². The first kappa shape index (κ1) is 19.9. The zero-order valence-corrected chi connectivity index (χ0v) is 16.0. The number of fused-ring (bicyclic) bond motifs is 2. The Morgan fingerprint density at radius 2 is 1.69 bits per heavy atom. The SMILES string of the molecule is COC(=O)C1=C(C)OC(N)=C(C(=O)OC)C12C(=O)N(CC(N)=O)c1ccccc12. The van der Waals surface area contributed by atoms with Crippen LogP contribution in [0, 0.1) is 0 Å². The minimum Gasteiger partial charge on any atom is -0.466 e. The smallest absolute Gasteiger partial charge is 0.340 e. The summed E-state index contributed by atoms with van der Waals surface area (Å²) in [6.07, 6.45) is 0. The molecule has 4 N–H and O–H groups in total. The van der Waals surface area contributed by atoms with E-state index in [1.165, 1.54) is 6.92 Å². The van der Waals surface area contributed by atoms with Crippen LogP contribution < -0.4 is 16.4 Å². The van der Waals surface area contributed by atoms with E-state index in [4.69, 9.17) is 25.7 Å². The molecule has 0 bridgehead atoms. The van der Waals surface area contributed by atoms with Crippen LogP contribution in [-0.2, 0) is 38.8 Å². The molecule has 10 nitrogen and oxygen atoms in total. The van der Waals surface area contributed by atoms with Crippen molar-refractivity contribution in [2.75, 3.05) is 25.7 Å². The highest BCUT2D eigenvalue weighted by Gasteiger charge is 2.63. The number of hydrogen-bond donors (Lipinski definition) is 2. The van der Waals surface area contributed by atoms with Crippen molar-refractivity contribution in [3.8, 4) is 0 Å². The number of ether oxygens (including phenoxy) is 3. The molecule has 1 atom stereocenters. The summed E-state index contributed by atoms with van der Waals surface area (Å²) in [6.45, 7) is 0.946. The number of primary amides is 1. The molecule has 0 saturated heterocycles. The summed E-state index contributed by atoms with van der Waals surface area (Å²) in [6, 6.07) is 6.37. The quantitative estimate of drug-likeness (QED) is 0.645. The van der Waals surface area contributed by atoms with E-state index >= 15 is 0 Å². The molecule has 2 aliphatic heterocycles. The van der Waals surface area contributed by atoms with Crippen molar-refractivity contribution >= 4 is 29.4 Å². The molecule has 1 unspecified atom stereocenters. The van der Waals surface area contributed by atoms with Gasteiger partial charge >= 0.3 is 11.9 Å². The van der Waals surface area contributed by atoms with Gasteiger partial charge in [-0.05, 0) is 13.0 Å². The number of methoxy groups -OCH3 is 2. The molecule has 152 valence electrons. The largest absolute Gasteiger partial charge is 0.466 e. The minimum atomic E-state index is -2.02. The van der Waals surface area contributed by atoms with Gasteiger partial charge in [-0.1, -0.05) is 18.2 Å². The predicted molar refractivity (Wildman–Crippen MR) is 98.7 cm³/mol. The van der Waals surface area contributed by atoms with Crippen LogP contribution in [0.5, 0.6) is 0 Å². The lowest BCUT2D eigenvalue weighted by atomic mass is 9.67. The third kappa shape index (κ3) is 2.64. The van der Waals surface area contributed by atoms with Gasteiger partial charge in [0, 0.05) is 11.3 Å². The number of carbonyl (C=O) groups excluding carboxylic acids is 4. The second-order valence-corrected chi connectivity index (χ2v) is 6.38. The maximum Gasteiger partial charge on any atom is 0.340 e. The fourth-order valence-corrected chi connectivity index (χ4v) is 3.84. The van der Waals surface area contributed by atoms with Crippen LogP contribution in [0.3, 0.4) is 0 Å². The number of para-hydroxylation sites is 1. The first-order valence-corrected chi connectivity index (χ1v) is 8.47. The highest BCUT2D eigenvalue weighted by molar-refractivity contribution is 6.23. The van der Waals surface area contributed by atoms with Crippen molar-refractivity contribution in [1.82, 2.24) is 0 Å². The summed E-state index contributed by atoms with van der Waals surface area (Å²) < 4.78 is 15.1. The van der Waals surface area contributed by atoms with Gasteiger partial charge in [-0.25, -0.2) is 9.59 Å². The summed E-state index contributed by atoms with van der Waals surface area (Å²) in [7, 11) is 2.23. The maximum absolute atomic E-state index is 13.8. The van der Waals surface area contributed by atoms with Gasteiger partial charge in [0.05, 0.1) is 14.2 Å². The normalized spacial score (nSPS) is 20.5. The summed E-state index contributed by atoms with van der Waals surface area (Å²) in [4.78, 5) is 51.9. The summed E-state index contributed by atoms with van der Waals surface area (Å²) in [5.74, 6) is -3.85. The van der Waals surface area contributed by atoms with Gasteiger partial charge in [0.15, 0.2) is 0 Å². The molecule has 29 heavy (non-hydrogen) atoms. The summed E-state index contributed by atoms with van der Waals surface area (Å²) >= 11 is 0. The van der Waals surface area contributed by atoms with Crippen molar-refractivity contribution < 1.29 is 33.4 Å². The highest BCUT2D eigenvalue weighted by Crippen LogP contribution is 2.54. The van der Waals surface area contributed by atoms with E-state index in [0.29, 0.717) is 5.69 Å². The standard InChI is InChI=1S/C19H19N3O7/c1-9-13(16(24)27-2)19(14(15(21)29-9)17(25)28-3)10-6-4-5-7-11(10)22(18(19)26)8-12(20)23/h4-7H,8,21H2,1-3H3,(H2,20,23). The molecular weight excluding hydrogens is 382 g/mol. The number of allylic oxidation sites excluding steroid dienone is 1. The number of benzene rings is 1. The van der Waals surface area contributed by atoms with Gasteiger partial charge < -0.3 is 30.6 Å². The van der Waals surface area contributed by atoms with Gasteiger partial charge in [-0.3, -0.25) is 9.59 Å². The second kappa shape index (κ2) is 6.97. The number of carbonyl (C=O) groups is 4. The molecule has 10 heteroatoms. The van der Waals surface area contributed by atoms with E-state index in [-0.39, 0.29) is 22.5 Å². The monoisotopic (exact) mass is 401 g/mol. The molecule has 1 spiro atoms. The van der Waals surface area contributed by atoms with Crippen molar-refractivity contribution in [2.24, 2.45) is 11.5 Å². The molecule has 0 aliphatic carbocycles. The Hall–Kier alpha value is -3.82. The first-order chi connectivity index (χ1) is 13.7. The molecule has 0 saturated carbocycles. The molecular formula is C19H19N3O7. The third-order valence-corrected chi connectivity index (χ3v) is 4.87. The van der Waals surface area contributed by atoms with Crippen molar-refractivity contribution in [3.63, 3.8) is 0 Å². The van der Waals surface area contributed by atoms with E-state index in [2.05, 4.69) is 0 Å². The van der Waals surface area contributed by atoms with E-state index < -0.39 is 41.6 Å². The van der Waals surface area contributed by atoms with Crippen LogP contribution in [0.2, 0.25) is 0 Å². The fourth-order valence-electron chi connectivity index (χ4n) is 3.84. The second-order valence-electron chi connectivity index (χ2n) is 6.38. The van der Waals surface area contributed by atoms with Crippen LogP contribution in [0.1, 0.15) is 12.5 Å². The zero-order valence-electron chi connectivity index (χ0n) is 16.0. The molecule has 3 rings (SSSR count). The number of amides is 2. The summed E-state index contributed by atoms with van der Waals surface area (Å²) in [5, 5.41) is 0. The lowest BCUT2D eigenvalue weighted by molar-refractivity contribution is -0.141.